The van der Waals surface area contributed by atoms with E-state index in [0.717, 1.165) is 11.3 Å². The summed E-state index contributed by atoms with van der Waals surface area (Å²) in [7, 11) is 1.74. The molecule has 0 aliphatic heterocycles. The van der Waals surface area contributed by atoms with Crippen LogP contribution in [0.2, 0.25) is 0 Å². The molecule has 1 unspecified atom stereocenters. The van der Waals surface area contributed by atoms with Crippen molar-refractivity contribution in [1.82, 2.24) is 25.8 Å². The summed E-state index contributed by atoms with van der Waals surface area (Å²) >= 11 is 0. The molecule has 0 radical (unpaired) electrons. The normalized spacial score (nSPS) is 12.4. The molecule has 30 heavy (non-hydrogen) atoms. The third kappa shape index (κ3) is 6.75. The second kappa shape index (κ2) is 11.6. The lowest BCUT2D eigenvalue weighted by Crippen LogP contribution is -2.38. The van der Waals surface area contributed by atoms with Gasteiger partial charge in [0.25, 0.3) is 0 Å². The van der Waals surface area contributed by atoms with Crippen molar-refractivity contribution in [3.8, 4) is 17.3 Å². The molecule has 3 rings (SSSR count). The van der Waals surface area contributed by atoms with E-state index in [1.54, 1.807) is 19.4 Å². The monoisotopic (exact) mass is 524 g/mol. The van der Waals surface area contributed by atoms with E-state index in [9.17, 15) is 0 Å². The fourth-order valence-electron chi connectivity index (χ4n) is 2.66. The Balaban J connectivity index is 0.00000320. The van der Waals surface area contributed by atoms with Gasteiger partial charge >= 0.3 is 0 Å². The third-order valence-corrected chi connectivity index (χ3v) is 4.24. The van der Waals surface area contributed by atoms with Crippen LogP contribution in [0.5, 0.6) is 5.75 Å². The van der Waals surface area contributed by atoms with Crippen LogP contribution in [-0.2, 0) is 6.54 Å². The second-order valence-corrected chi connectivity index (χ2v) is 7.15. The van der Waals surface area contributed by atoms with Gasteiger partial charge in [0.2, 0.25) is 5.82 Å². The lowest BCUT2D eigenvalue weighted by molar-refractivity contribution is 0.271. The van der Waals surface area contributed by atoms with Gasteiger partial charge in [-0.05, 0) is 42.7 Å². The number of hydrogen-bond donors (Lipinski definition) is 3. The Bertz CT molecular complexity index is 906. The predicted octanol–water partition coefficient (Wildman–Crippen LogP) is 4.14. The zero-order chi connectivity index (χ0) is 20.6. The average Bonchev–Trinajstić information content (AvgIpc) is 3.41. The van der Waals surface area contributed by atoms with Crippen LogP contribution < -0.4 is 15.4 Å². The fourth-order valence-corrected chi connectivity index (χ4v) is 2.66. The molecule has 1 atom stereocenters. The number of nitrogens with one attached hydrogen (secondary N) is 3. The van der Waals surface area contributed by atoms with E-state index in [2.05, 4.69) is 63.7 Å². The number of rotatable bonds is 8. The molecular weight excluding hydrogens is 495 g/mol. The van der Waals surface area contributed by atoms with Gasteiger partial charge in [0.05, 0.1) is 25.5 Å². The highest BCUT2D eigenvalue weighted by molar-refractivity contribution is 14.0. The summed E-state index contributed by atoms with van der Waals surface area (Å²) in [5.74, 6) is 3.92. The van der Waals surface area contributed by atoms with E-state index >= 15 is 0 Å². The zero-order valence-electron chi connectivity index (χ0n) is 17.7. The Labute approximate surface area is 193 Å². The molecule has 0 amide bonds. The summed E-state index contributed by atoms with van der Waals surface area (Å²) < 4.78 is 11.0. The van der Waals surface area contributed by atoms with E-state index in [1.165, 1.54) is 0 Å². The van der Waals surface area contributed by atoms with Gasteiger partial charge < -0.3 is 19.8 Å². The quantitative estimate of drug-likeness (QED) is 0.233. The maximum absolute atomic E-state index is 5.74. The molecule has 0 fully saturated rings. The van der Waals surface area contributed by atoms with Crippen LogP contribution in [0, 0.1) is 5.92 Å². The fraction of sp³-hybridized carbons (Fsp3) is 0.381. The van der Waals surface area contributed by atoms with Crippen molar-refractivity contribution in [2.24, 2.45) is 10.9 Å². The minimum atomic E-state index is 0. The van der Waals surface area contributed by atoms with E-state index in [1.807, 2.05) is 18.2 Å². The SMILES string of the molecule is CN=C(NCc1nc(-c2ccco2)n[nH]1)NC(C)c1ccc(OCC(C)C)cc1.I. The molecule has 0 saturated heterocycles. The number of aromatic amines is 1. The summed E-state index contributed by atoms with van der Waals surface area (Å²) in [6.45, 7) is 7.53. The molecule has 0 spiro atoms. The predicted molar refractivity (Wildman–Crippen MR) is 128 cm³/mol. The molecule has 2 aromatic heterocycles. The summed E-state index contributed by atoms with van der Waals surface area (Å²) in [4.78, 5) is 8.70. The van der Waals surface area contributed by atoms with Gasteiger partial charge in [-0.25, -0.2) is 4.98 Å². The van der Waals surface area contributed by atoms with Gasteiger partial charge in [-0.3, -0.25) is 10.1 Å². The molecule has 2 heterocycles. The Morgan fingerprint density at radius 3 is 2.60 bits per heavy atom. The molecule has 0 aliphatic rings. The minimum Gasteiger partial charge on any atom is -0.493 e. The lowest BCUT2D eigenvalue weighted by atomic mass is 10.1. The Kier molecular flexibility index (Phi) is 9.15. The lowest BCUT2D eigenvalue weighted by Gasteiger charge is -2.18. The van der Waals surface area contributed by atoms with Gasteiger partial charge in [0, 0.05) is 7.05 Å². The van der Waals surface area contributed by atoms with Crippen molar-refractivity contribution in [3.05, 3.63) is 54.0 Å². The molecule has 162 valence electrons. The second-order valence-electron chi connectivity index (χ2n) is 7.15. The smallest absolute Gasteiger partial charge is 0.216 e. The molecule has 3 N–H and O–H groups in total. The first-order chi connectivity index (χ1) is 14.0. The Hall–Kier alpha value is -2.56. The summed E-state index contributed by atoms with van der Waals surface area (Å²) in [5.41, 5.74) is 1.14. The molecule has 0 aliphatic carbocycles. The van der Waals surface area contributed by atoms with Crippen molar-refractivity contribution >= 4 is 29.9 Å². The zero-order valence-corrected chi connectivity index (χ0v) is 20.0. The van der Waals surface area contributed by atoms with Crippen molar-refractivity contribution < 1.29 is 9.15 Å². The topological polar surface area (TPSA) is 100 Å². The van der Waals surface area contributed by atoms with Gasteiger partial charge in [0.1, 0.15) is 11.6 Å². The van der Waals surface area contributed by atoms with Gasteiger partial charge in [-0.15, -0.1) is 29.1 Å². The van der Waals surface area contributed by atoms with Crippen molar-refractivity contribution in [3.63, 3.8) is 0 Å². The summed E-state index contributed by atoms with van der Waals surface area (Å²) in [6.07, 6.45) is 1.60. The van der Waals surface area contributed by atoms with Crippen LogP contribution in [0.25, 0.3) is 11.6 Å². The number of halogens is 1. The number of aliphatic imine (C=N–C) groups is 1. The molecule has 0 saturated carbocycles. The van der Waals surface area contributed by atoms with Crippen LogP contribution in [0.4, 0.5) is 0 Å². The summed E-state index contributed by atoms with van der Waals surface area (Å²) in [5, 5.41) is 13.7. The summed E-state index contributed by atoms with van der Waals surface area (Å²) in [6, 6.07) is 11.8. The highest BCUT2D eigenvalue weighted by Gasteiger charge is 2.11. The van der Waals surface area contributed by atoms with Gasteiger partial charge in [0.15, 0.2) is 11.7 Å². The van der Waals surface area contributed by atoms with E-state index in [-0.39, 0.29) is 30.0 Å². The number of furan rings is 1. The molecular formula is C21H29IN6O2. The molecule has 0 bridgehead atoms. The van der Waals surface area contributed by atoms with Crippen LogP contribution in [0.3, 0.4) is 0 Å². The van der Waals surface area contributed by atoms with Gasteiger partial charge in [-0.2, -0.15) is 0 Å². The number of ether oxygens (including phenoxy) is 1. The van der Waals surface area contributed by atoms with Crippen LogP contribution >= 0.6 is 24.0 Å². The number of aromatic nitrogens is 3. The number of H-pyrrole nitrogens is 1. The number of guanidine groups is 1. The van der Waals surface area contributed by atoms with Crippen molar-refractivity contribution in [2.75, 3.05) is 13.7 Å². The first-order valence-electron chi connectivity index (χ1n) is 9.70. The van der Waals surface area contributed by atoms with E-state index in [4.69, 9.17) is 9.15 Å². The number of benzene rings is 1. The number of nitrogens with zero attached hydrogens (tertiary/aromatic N) is 3. The number of hydrogen-bond acceptors (Lipinski definition) is 5. The maximum Gasteiger partial charge on any atom is 0.216 e. The molecule has 8 nitrogen and oxygen atoms in total. The van der Waals surface area contributed by atoms with Crippen LogP contribution in [0.15, 0.2) is 52.1 Å². The van der Waals surface area contributed by atoms with Crippen molar-refractivity contribution in [2.45, 2.75) is 33.4 Å². The Morgan fingerprint density at radius 2 is 1.97 bits per heavy atom. The molecule has 1 aromatic carbocycles. The van der Waals surface area contributed by atoms with Crippen molar-refractivity contribution in [1.29, 1.82) is 0 Å². The van der Waals surface area contributed by atoms with Crippen LogP contribution in [0.1, 0.15) is 38.2 Å². The van der Waals surface area contributed by atoms with E-state index in [0.29, 0.717) is 42.4 Å². The molecule has 3 aromatic rings. The van der Waals surface area contributed by atoms with E-state index < -0.39 is 0 Å². The Morgan fingerprint density at radius 1 is 1.20 bits per heavy atom. The standard InChI is InChI=1S/C21H28N6O2.HI/c1-14(2)13-29-17-9-7-16(8-10-17)15(3)24-21(22-4)23-12-19-25-20(27-26-19)18-6-5-11-28-18;/h5-11,14-15H,12-13H2,1-4H3,(H2,22,23,24)(H,25,26,27);1H. The first kappa shape index (κ1) is 23.7. The minimum absolute atomic E-state index is 0. The van der Waals surface area contributed by atoms with Crippen LogP contribution in [-0.4, -0.2) is 34.8 Å². The maximum atomic E-state index is 5.74. The average molecular weight is 524 g/mol. The largest absolute Gasteiger partial charge is 0.493 e. The highest BCUT2D eigenvalue weighted by atomic mass is 127. The molecule has 9 heteroatoms. The first-order valence-corrected chi connectivity index (χ1v) is 9.70. The third-order valence-electron chi connectivity index (χ3n) is 4.24. The highest BCUT2D eigenvalue weighted by Crippen LogP contribution is 2.18. The van der Waals surface area contributed by atoms with Gasteiger partial charge in [-0.1, -0.05) is 26.0 Å².